The smallest absolute Gasteiger partial charge is 0.136 e. The lowest BCUT2D eigenvalue weighted by Crippen LogP contribution is -2.09. The zero-order chi connectivity index (χ0) is 34.4. The molecule has 0 radical (unpaired) electrons. The van der Waals surface area contributed by atoms with E-state index in [2.05, 4.69) is 193 Å². The molecule has 0 unspecified atom stereocenters. The normalized spacial score (nSPS) is 11.5. The Bertz CT molecular complexity index is 2890. The van der Waals surface area contributed by atoms with Gasteiger partial charge in [0, 0.05) is 27.8 Å². The van der Waals surface area contributed by atoms with E-state index in [-0.39, 0.29) is 0 Å². The number of nitrogens with zero attached hydrogens (tertiary/aromatic N) is 1. The van der Waals surface area contributed by atoms with Crippen LogP contribution in [0.15, 0.2) is 205 Å². The largest absolute Gasteiger partial charge is 0.456 e. The molecular weight excluding hydrogens is 631 g/mol. The molecule has 0 fully saturated rings. The Morgan fingerprint density at radius 2 is 0.865 bits per heavy atom. The van der Waals surface area contributed by atoms with Crippen molar-refractivity contribution in [1.82, 2.24) is 0 Å². The fourth-order valence-corrected chi connectivity index (χ4v) is 7.69. The Labute approximate surface area is 302 Å². The second kappa shape index (κ2) is 12.5. The zero-order valence-corrected chi connectivity index (χ0v) is 28.4. The molecule has 0 spiro atoms. The third-order valence-electron chi connectivity index (χ3n) is 10.3. The van der Waals surface area contributed by atoms with Gasteiger partial charge in [0.2, 0.25) is 0 Å². The summed E-state index contributed by atoms with van der Waals surface area (Å²) in [5.74, 6) is 0. The van der Waals surface area contributed by atoms with Crippen LogP contribution >= 0.6 is 0 Å². The van der Waals surface area contributed by atoms with Gasteiger partial charge in [0.25, 0.3) is 0 Å². The summed E-state index contributed by atoms with van der Waals surface area (Å²) in [6.07, 6.45) is 0. The van der Waals surface area contributed by atoms with Crippen LogP contribution in [0.4, 0.5) is 17.1 Å². The summed E-state index contributed by atoms with van der Waals surface area (Å²) in [7, 11) is 0. The first-order valence-electron chi connectivity index (χ1n) is 17.8. The first-order valence-corrected chi connectivity index (χ1v) is 17.8. The van der Waals surface area contributed by atoms with Gasteiger partial charge in [-0.2, -0.15) is 0 Å². The van der Waals surface area contributed by atoms with Crippen LogP contribution in [0.1, 0.15) is 0 Å². The summed E-state index contributed by atoms with van der Waals surface area (Å²) >= 11 is 0. The van der Waals surface area contributed by atoms with Crippen molar-refractivity contribution in [3.63, 3.8) is 0 Å². The molecule has 9 aromatic carbocycles. The van der Waals surface area contributed by atoms with E-state index in [1.54, 1.807) is 0 Å². The summed E-state index contributed by atoms with van der Waals surface area (Å²) in [6, 6.07) is 71.7. The van der Waals surface area contributed by atoms with Gasteiger partial charge in [-0.3, -0.25) is 0 Å². The number of benzene rings is 9. The molecule has 1 aromatic heterocycles. The van der Waals surface area contributed by atoms with Crippen molar-refractivity contribution in [2.24, 2.45) is 0 Å². The van der Waals surface area contributed by atoms with Crippen molar-refractivity contribution in [1.29, 1.82) is 0 Å². The Morgan fingerprint density at radius 1 is 0.308 bits per heavy atom. The number of furan rings is 1. The lowest BCUT2D eigenvalue weighted by molar-refractivity contribution is 0.669. The average Bonchev–Trinajstić information content (AvgIpc) is 3.59. The molecule has 0 aliphatic carbocycles. The van der Waals surface area contributed by atoms with Crippen LogP contribution in [0, 0.1) is 0 Å². The van der Waals surface area contributed by atoms with Crippen LogP contribution in [0.3, 0.4) is 0 Å². The van der Waals surface area contributed by atoms with E-state index >= 15 is 0 Å². The van der Waals surface area contributed by atoms with Gasteiger partial charge in [-0.05, 0) is 116 Å². The highest BCUT2D eigenvalue weighted by Gasteiger charge is 2.17. The predicted molar refractivity (Wildman–Crippen MR) is 220 cm³/mol. The maximum atomic E-state index is 6.34. The molecule has 0 atom stereocenters. The van der Waals surface area contributed by atoms with Crippen molar-refractivity contribution in [2.75, 3.05) is 4.90 Å². The maximum absolute atomic E-state index is 6.34. The van der Waals surface area contributed by atoms with Crippen LogP contribution in [0.2, 0.25) is 0 Å². The lowest BCUT2D eigenvalue weighted by atomic mass is 9.89. The van der Waals surface area contributed by atoms with Crippen molar-refractivity contribution in [3.05, 3.63) is 200 Å². The quantitative estimate of drug-likeness (QED) is 0.176. The standard InChI is InChI=1S/C50H33NO/c1-2-13-41(14-3-1)51(42-26-20-35(21-27-42)39-19-18-34-10-4-5-12-38(34)32-39)43-28-22-37(23-29-43)45-30-24-36-11-6-7-15-44(36)50(45)40-25-31-47-46-16-8-9-17-48(46)52-49(47)33-40/h1-33H. The van der Waals surface area contributed by atoms with Gasteiger partial charge in [-0.25, -0.2) is 0 Å². The fourth-order valence-electron chi connectivity index (χ4n) is 7.69. The summed E-state index contributed by atoms with van der Waals surface area (Å²) in [6.45, 7) is 0. The summed E-state index contributed by atoms with van der Waals surface area (Å²) in [5.41, 5.74) is 12.2. The minimum absolute atomic E-state index is 0.901. The molecule has 0 aliphatic rings. The number of rotatable bonds is 6. The highest BCUT2D eigenvalue weighted by atomic mass is 16.3. The van der Waals surface area contributed by atoms with Crippen LogP contribution in [-0.4, -0.2) is 0 Å². The third-order valence-corrected chi connectivity index (χ3v) is 10.3. The maximum Gasteiger partial charge on any atom is 0.136 e. The first kappa shape index (κ1) is 30.0. The molecule has 2 nitrogen and oxygen atoms in total. The molecule has 10 aromatic rings. The van der Waals surface area contributed by atoms with Crippen molar-refractivity contribution < 1.29 is 4.42 Å². The van der Waals surface area contributed by atoms with Gasteiger partial charge in [-0.1, -0.05) is 140 Å². The molecule has 1 heterocycles. The summed E-state index contributed by atoms with van der Waals surface area (Å²) in [4.78, 5) is 2.32. The molecule has 0 bridgehead atoms. The Kier molecular flexibility index (Phi) is 7.18. The first-order chi connectivity index (χ1) is 25.8. The third kappa shape index (κ3) is 5.21. The topological polar surface area (TPSA) is 16.4 Å². The molecule has 52 heavy (non-hydrogen) atoms. The number of hydrogen-bond acceptors (Lipinski definition) is 2. The van der Waals surface area contributed by atoms with Gasteiger partial charge in [-0.15, -0.1) is 0 Å². The van der Waals surface area contributed by atoms with Crippen molar-refractivity contribution in [3.8, 4) is 33.4 Å². The van der Waals surface area contributed by atoms with E-state index in [1.165, 1.54) is 43.8 Å². The van der Waals surface area contributed by atoms with Crippen molar-refractivity contribution >= 4 is 60.5 Å². The lowest BCUT2D eigenvalue weighted by Gasteiger charge is -2.26. The molecule has 0 amide bonds. The van der Waals surface area contributed by atoms with Crippen LogP contribution < -0.4 is 4.90 Å². The zero-order valence-electron chi connectivity index (χ0n) is 28.4. The van der Waals surface area contributed by atoms with Gasteiger partial charge >= 0.3 is 0 Å². The Morgan fingerprint density at radius 3 is 1.65 bits per heavy atom. The van der Waals surface area contributed by atoms with Gasteiger partial charge in [0.1, 0.15) is 11.2 Å². The van der Waals surface area contributed by atoms with E-state index in [0.717, 1.165) is 50.1 Å². The molecule has 0 aliphatic heterocycles. The second-order valence-corrected chi connectivity index (χ2v) is 13.3. The van der Waals surface area contributed by atoms with Gasteiger partial charge in [0.15, 0.2) is 0 Å². The van der Waals surface area contributed by atoms with Crippen LogP contribution in [-0.2, 0) is 0 Å². The van der Waals surface area contributed by atoms with E-state index < -0.39 is 0 Å². The number of hydrogen-bond donors (Lipinski definition) is 0. The minimum Gasteiger partial charge on any atom is -0.456 e. The van der Waals surface area contributed by atoms with Gasteiger partial charge in [0.05, 0.1) is 0 Å². The number of fused-ring (bicyclic) bond motifs is 5. The van der Waals surface area contributed by atoms with E-state index in [9.17, 15) is 0 Å². The fraction of sp³-hybridized carbons (Fsp3) is 0. The van der Waals surface area contributed by atoms with Gasteiger partial charge < -0.3 is 9.32 Å². The molecule has 0 saturated carbocycles. The molecule has 244 valence electrons. The Balaban J connectivity index is 1.05. The SMILES string of the molecule is c1ccc(N(c2ccc(-c3ccc4ccccc4c3)cc2)c2ccc(-c3ccc4ccccc4c3-c3ccc4c(c3)oc3ccccc34)cc2)cc1. The molecule has 2 heteroatoms. The number of anilines is 3. The van der Waals surface area contributed by atoms with E-state index in [0.29, 0.717) is 0 Å². The number of para-hydroxylation sites is 2. The minimum atomic E-state index is 0.901. The second-order valence-electron chi connectivity index (χ2n) is 13.3. The molecule has 0 saturated heterocycles. The average molecular weight is 664 g/mol. The van der Waals surface area contributed by atoms with E-state index in [4.69, 9.17) is 4.42 Å². The van der Waals surface area contributed by atoms with Crippen molar-refractivity contribution in [2.45, 2.75) is 0 Å². The van der Waals surface area contributed by atoms with Crippen LogP contribution in [0.5, 0.6) is 0 Å². The van der Waals surface area contributed by atoms with E-state index in [1.807, 2.05) is 12.1 Å². The predicted octanol–water partition coefficient (Wildman–Crippen LogP) is 14.4. The monoisotopic (exact) mass is 663 g/mol. The summed E-state index contributed by atoms with van der Waals surface area (Å²) in [5, 5.41) is 7.21. The Hall–Kier alpha value is -6.90. The molecular formula is C50H33NO. The molecule has 10 rings (SSSR count). The summed E-state index contributed by atoms with van der Waals surface area (Å²) < 4.78 is 6.34. The highest BCUT2D eigenvalue weighted by Crippen LogP contribution is 2.42. The van der Waals surface area contributed by atoms with Crippen LogP contribution in [0.25, 0.3) is 76.9 Å². The highest BCUT2D eigenvalue weighted by molar-refractivity contribution is 6.09. The molecule has 0 N–H and O–H groups in total.